The van der Waals surface area contributed by atoms with Gasteiger partial charge < -0.3 is 5.11 Å². The van der Waals surface area contributed by atoms with Gasteiger partial charge in [-0.3, -0.25) is 0 Å². The van der Waals surface area contributed by atoms with Crippen molar-refractivity contribution in [2.75, 3.05) is 0 Å². The molecule has 2 atom stereocenters. The molecule has 2 rings (SSSR count). The molecule has 0 aromatic heterocycles. The molecule has 0 unspecified atom stereocenters. The van der Waals surface area contributed by atoms with Crippen LogP contribution < -0.4 is 0 Å². The molecule has 0 radical (unpaired) electrons. The number of hydrogen-bond acceptors (Lipinski definition) is 1. The van der Waals surface area contributed by atoms with Crippen LogP contribution in [-0.4, -0.2) is 5.11 Å². The third kappa shape index (κ3) is 2.11. The topological polar surface area (TPSA) is 20.2 Å². The normalized spacial score (nSPS) is 30.8. The standard InChI is InChI=1S/C13H17BrO/c1-9-5-6-13(15,8-9)11-3-4-12(14)10(2)7-11/h3-4,7,9,15H,5-6,8H2,1-2H3/t9-,13+/m1/s1. The van der Waals surface area contributed by atoms with E-state index in [1.54, 1.807) is 0 Å². The lowest BCUT2D eigenvalue weighted by molar-refractivity contribution is 0.0407. The van der Waals surface area contributed by atoms with E-state index in [0.717, 1.165) is 29.3 Å². The molecule has 0 amide bonds. The van der Waals surface area contributed by atoms with E-state index < -0.39 is 5.60 Å². The second-order valence-electron chi connectivity index (χ2n) is 4.84. The molecule has 1 aromatic rings. The van der Waals surface area contributed by atoms with Crippen molar-refractivity contribution in [2.24, 2.45) is 5.92 Å². The van der Waals surface area contributed by atoms with Crippen molar-refractivity contribution in [1.82, 2.24) is 0 Å². The summed E-state index contributed by atoms with van der Waals surface area (Å²) in [5.41, 5.74) is 1.69. The predicted octanol–water partition coefficient (Wildman–Crippen LogP) is 3.77. The summed E-state index contributed by atoms with van der Waals surface area (Å²) in [5.74, 6) is 0.638. The Morgan fingerprint density at radius 3 is 2.73 bits per heavy atom. The van der Waals surface area contributed by atoms with Gasteiger partial charge in [0.2, 0.25) is 0 Å². The maximum absolute atomic E-state index is 10.5. The lowest BCUT2D eigenvalue weighted by atomic mass is 9.90. The van der Waals surface area contributed by atoms with Gasteiger partial charge in [-0.15, -0.1) is 0 Å². The van der Waals surface area contributed by atoms with Crippen molar-refractivity contribution in [3.05, 3.63) is 33.8 Å². The summed E-state index contributed by atoms with van der Waals surface area (Å²) in [7, 11) is 0. The van der Waals surface area contributed by atoms with Gasteiger partial charge in [-0.2, -0.15) is 0 Å². The van der Waals surface area contributed by atoms with Gasteiger partial charge in [0.25, 0.3) is 0 Å². The average molecular weight is 269 g/mol. The molecule has 82 valence electrons. The van der Waals surface area contributed by atoms with Gasteiger partial charge in [0.1, 0.15) is 0 Å². The van der Waals surface area contributed by atoms with Crippen molar-refractivity contribution in [3.63, 3.8) is 0 Å². The number of aliphatic hydroxyl groups is 1. The molecule has 2 heteroatoms. The molecule has 1 nitrogen and oxygen atoms in total. The molecule has 0 bridgehead atoms. The first kappa shape index (κ1) is 11.2. The molecule has 0 saturated heterocycles. The maximum Gasteiger partial charge on any atom is 0.0899 e. The van der Waals surface area contributed by atoms with Crippen LogP contribution in [-0.2, 0) is 5.60 Å². The molecular formula is C13H17BrO. The zero-order valence-corrected chi connectivity index (χ0v) is 10.8. The van der Waals surface area contributed by atoms with E-state index in [1.165, 1.54) is 5.56 Å². The van der Waals surface area contributed by atoms with Gasteiger partial charge in [-0.1, -0.05) is 35.0 Å². The Hall–Kier alpha value is -0.340. The Bertz CT molecular complexity index is 375. The first-order valence-corrected chi connectivity index (χ1v) is 6.29. The van der Waals surface area contributed by atoms with Gasteiger partial charge >= 0.3 is 0 Å². The van der Waals surface area contributed by atoms with Crippen LogP contribution in [0, 0.1) is 12.8 Å². The summed E-state index contributed by atoms with van der Waals surface area (Å²) >= 11 is 3.49. The highest BCUT2D eigenvalue weighted by molar-refractivity contribution is 9.10. The van der Waals surface area contributed by atoms with E-state index in [2.05, 4.69) is 35.8 Å². The molecule has 1 aliphatic rings. The van der Waals surface area contributed by atoms with E-state index in [0.29, 0.717) is 5.92 Å². The quantitative estimate of drug-likeness (QED) is 0.822. The highest BCUT2D eigenvalue weighted by Gasteiger charge is 2.36. The molecule has 0 aliphatic heterocycles. The third-order valence-electron chi connectivity index (χ3n) is 3.43. The Morgan fingerprint density at radius 2 is 2.20 bits per heavy atom. The highest BCUT2D eigenvalue weighted by atomic mass is 79.9. The van der Waals surface area contributed by atoms with Gasteiger partial charge in [0, 0.05) is 4.47 Å². The molecule has 1 N–H and O–H groups in total. The van der Waals surface area contributed by atoms with E-state index in [-0.39, 0.29) is 0 Å². The first-order chi connectivity index (χ1) is 7.01. The monoisotopic (exact) mass is 268 g/mol. The number of benzene rings is 1. The van der Waals surface area contributed by atoms with Gasteiger partial charge in [0.05, 0.1) is 5.60 Å². The Morgan fingerprint density at radius 1 is 1.47 bits per heavy atom. The SMILES string of the molecule is Cc1cc([C@]2(O)CC[C@@H](C)C2)ccc1Br. The van der Waals surface area contributed by atoms with Crippen molar-refractivity contribution < 1.29 is 5.11 Å². The van der Waals surface area contributed by atoms with E-state index in [1.807, 2.05) is 12.1 Å². The Balaban J connectivity index is 2.33. The smallest absolute Gasteiger partial charge is 0.0899 e. The molecule has 15 heavy (non-hydrogen) atoms. The van der Waals surface area contributed by atoms with Crippen LogP contribution >= 0.6 is 15.9 Å². The van der Waals surface area contributed by atoms with E-state index >= 15 is 0 Å². The van der Waals surface area contributed by atoms with Crippen LogP contribution in [0.3, 0.4) is 0 Å². The van der Waals surface area contributed by atoms with Crippen LogP contribution in [0.25, 0.3) is 0 Å². The molecule has 1 aliphatic carbocycles. The lowest BCUT2D eigenvalue weighted by Crippen LogP contribution is -2.21. The third-order valence-corrected chi connectivity index (χ3v) is 4.32. The average Bonchev–Trinajstić information content (AvgIpc) is 2.52. The van der Waals surface area contributed by atoms with Crippen LogP contribution in [0.2, 0.25) is 0 Å². The first-order valence-electron chi connectivity index (χ1n) is 5.50. The fourth-order valence-corrected chi connectivity index (χ4v) is 2.71. The number of halogens is 1. The van der Waals surface area contributed by atoms with Crippen molar-refractivity contribution in [2.45, 2.75) is 38.7 Å². The molecule has 1 saturated carbocycles. The fraction of sp³-hybridized carbons (Fsp3) is 0.538. The molecular weight excluding hydrogens is 252 g/mol. The fourth-order valence-electron chi connectivity index (χ4n) is 2.46. The van der Waals surface area contributed by atoms with Gasteiger partial charge in [0.15, 0.2) is 0 Å². The summed E-state index contributed by atoms with van der Waals surface area (Å²) in [5, 5.41) is 10.5. The zero-order chi connectivity index (χ0) is 11.1. The summed E-state index contributed by atoms with van der Waals surface area (Å²) < 4.78 is 1.11. The van der Waals surface area contributed by atoms with Gasteiger partial charge in [-0.25, -0.2) is 0 Å². The summed E-state index contributed by atoms with van der Waals surface area (Å²) in [6.07, 6.45) is 2.93. The summed E-state index contributed by atoms with van der Waals surface area (Å²) in [4.78, 5) is 0. The van der Waals surface area contributed by atoms with Crippen LogP contribution in [0.15, 0.2) is 22.7 Å². The van der Waals surface area contributed by atoms with Crippen LogP contribution in [0.4, 0.5) is 0 Å². The molecule has 0 heterocycles. The summed E-state index contributed by atoms with van der Waals surface area (Å²) in [6.45, 7) is 4.28. The Labute approximate surface area is 99.6 Å². The van der Waals surface area contributed by atoms with Crippen molar-refractivity contribution in [1.29, 1.82) is 0 Å². The number of hydrogen-bond donors (Lipinski definition) is 1. The zero-order valence-electron chi connectivity index (χ0n) is 9.26. The van der Waals surface area contributed by atoms with Gasteiger partial charge in [-0.05, 0) is 49.3 Å². The highest BCUT2D eigenvalue weighted by Crippen LogP contribution is 2.42. The number of rotatable bonds is 1. The number of aryl methyl sites for hydroxylation is 1. The molecule has 0 spiro atoms. The second-order valence-corrected chi connectivity index (χ2v) is 5.70. The van der Waals surface area contributed by atoms with E-state index in [9.17, 15) is 5.11 Å². The van der Waals surface area contributed by atoms with Crippen molar-refractivity contribution in [3.8, 4) is 0 Å². The predicted molar refractivity (Wildman–Crippen MR) is 65.8 cm³/mol. The Kier molecular flexibility index (Phi) is 2.91. The molecule has 1 fully saturated rings. The maximum atomic E-state index is 10.5. The van der Waals surface area contributed by atoms with Crippen molar-refractivity contribution >= 4 is 15.9 Å². The molecule has 1 aromatic carbocycles. The second kappa shape index (κ2) is 3.91. The summed E-state index contributed by atoms with van der Waals surface area (Å²) in [6, 6.07) is 6.17. The van der Waals surface area contributed by atoms with E-state index in [4.69, 9.17) is 0 Å². The lowest BCUT2D eigenvalue weighted by Gasteiger charge is -2.23. The van der Waals surface area contributed by atoms with Crippen LogP contribution in [0.1, 0.15) is 37.3 Å². The minimum atomic E-state index is -0.578. The minimum absolute atomic E-state index is 0.578. The van der Waals surface area contributed by atoms with Crippen LogP contribution in [0.5, 0.6) is 0 Å². The minimum Gasteiger partial charge on any atom is -0.385 e. The largest absolute Gasteiger partial charge is 0.385 e.